The van der Waals surface area contributed by atoms with Gasteiger partial charge >= 0.3 is 0 Å². The Balaban J connectivity index is 1.57. The lowest BCUT2D eigenvalue weighted by Gasteiger charge is -2.26. The molecule has 0 atom stereocenters. The minimum atomic E-state index is -3.71. The number of nitrogens with zero attached hydrogens (tertiary/aromatic N) is 1. The van der Waals surface area contributed by atoms with Gasteiger partial charge in [0.25, 0.3) is 5.91 Å². The smallest absolute Gasteiger partial charge is 0.251 e. The molecule has 6 nitrogen and oxygen atoms in total. The fraction of sp³-hybridized carbons (Fsp3) is 0.381. The summed E-state index contributed by atoms with van der Waals surface area (Å²) in [5.41, 5.74) is 1.32. The Labute approximate surface area is 176 Å². The van der Waals surface area contributed by atoms with Crippen LogP contribution in [0.1, 0.15) is 35.2 Å². The molecule has 8 heteroatoms. The predicted octanol–water partition coefficient (Wildman–Crippen LogP) is 3.46. The lowest BCUT2D eigenvalue weighted by Crippen LogP contribution is -2.36. The maximum atomic E-state index is 12.9. The van der Waals surface area contributed by atoms with Crippen molar-refractivity contribution in [1.29, 1.82) is 0 Å². The monoisotopic (exact) mass is 436 g/mol. The van der Waals surface area contributed by atoms with E-state index < -0.39 is 10.0 Å². The predicted molar refractivity (Wildman–Crippen MR) is 112 cm³/mol. The third kappa shape index (κ3) is 5.79. The van der Waals surface area contributed by atoms with Crippen molar-refractivity contribution in [2.45, 2.75) is 30.8 Å². The lowest BCUT2D eigenvalue weighted by molar-refractivity contribution is 0.0900. The van der Waals surface area contributed by atoms with E-state index in [0.29, 0.717) is 32.8 Å². The SMILES string of the molecule is O=C(NCCOCc1ccccc1)c1ccc(Cl)c(S(=O)(=O)N2CCCCC2)c1. The summed E-state index contributed by atoms with van der Waals surface area (Å²) in [7, 11) is -3.71. The molecule has 29 heavy (non-hydrogen) atoms. The second-order valence-electron chi connectivity index (χ2n) is 6.90. The van der Waals surface area contributed by atoms with Crippen LogP contribution in [-0.4, -0.2) is 44.9 Å². The summed E-state index contributed by atoms with van der Waals surface area (Å²) in [6.07, 6.45) is 2.69. The van der Waals surface area contributed by atoms with Crippen molar-refractivity contribution in [2.24, 2.45) is 0 Å². The molecule has 1 saturated heterocycles. The number of rotatable bonds is 8. The second-order valence-corrected chi connectivity index (χ2v) is 9.22. The van der Waals surface area contributed by atoms with Gasteiger partial charge in [-0.05, 0) is 36.6 Å². The van der Waals surface area contributed by atoms with Gasteiger partial charge in [-0.1, -0.05) is 48.4 Å². The van der Waals surface area contributed by atoms with E-state index in [-0.39, 0.29) is 21.4 Å². The highest BCUT2D eigenvalue weighted by Crippen LogP contribution is 2.27. The number of nitrogens with one attached hydrogen (secondary N) is 1. The summed E-state index contributed by atoms with van der Waals surface area (Å²) in [6.45, 7) is 2.10. The molecule has 156 valence electrons. The van der Waals surface area contributed by atoms with E-state index in [0.717, 1.165) is 24.8 Å². The molecule has 0 spiro atoms. The van der Waals surface area contributed by atoms with Crippen LogP contribution >= 0.6 is 11.6 Å². The van der Waals surface area contributed by atoms with Gasteiger partial charge in [-0.15, -0.1) is 0 Å². The first-order chi connectivity index (χ1) is 14.0. The number of hydrogen-bond donors (Lipinski definition) is 1. The molecule has 1 amide bonds. The van der Waals surface area contributed by atoms with Gasteiger partial charge in [0.1, 0.15) is 4.90 Å². The molecule has 0 aliphatic carbocycles. The number of carbonyl (C=O) groups is 1. The standard InChI is InChI=1S/C21H25ClN2O4S/c22-19-10-9-18(15-20(19)29(26,27)24-12-5-2-6-13-24)21(25)23-11-14-28-16-17-7-3-1-4-8-17/h1,3-4,7-10,15H,2,5-6,11-14,16H2,(H,23,25). The lowest BCUT2D eigenvalue weighted by atomic mass is 10.2. The minimum Gasteiger partial charge on any atom is -0.375 e. The Morgan fingerprint density at radius 2 is 1.79 bits per heavy atom. The van der Waals surface area contributed by atoms with Gasteiger partial charge in [0.05, 0.1) is 18.2 Å². The summed E-state index contributed by atoms with van der Waals surface area (Å²) in [5, 5.41) is 2.87. The van der Waals surface area contributed by atoms with Crippen LogP contribution in [0.2, 0.25) is 5.02 Å². The number of hydrogen-bond acceptors (Lipinski definition) is 4. The topological polar surface area (TPSA) is 75.7 Å². The van der Waals surface area contributed by atoms with E-state index in [2.05, 4.69) is 5.32 Å². The Kier molecular flexibility index (Phi) is 7.66. The van der Waals surface area contributed by atoms with E-state index >= 15 is 0 Å². The molecule has 0 bridgehead atoms. The van der Waals surface area contributed by atoms with Gasteiger partial charge in [0, 0.05) is 25.2 Å². The molecule has 1 heterocycles. The molecule has 3 rings (SSSR count). The Morgan fingerprint density at radius 1 is 1.07 bits per heavy atom. The summed E-state index contributed by atoms with van der Waals surface area (Å²) in [5.74, 6) is -0.361. The molecule has 0 unspecified atom stereocenters. The highest BCUT2D eigenvalue weighted by atomic mass is 35.5. The van der Waals surface area contributed by atoms with Crippen LogP contribution in [-0.2, 0) is 21.4 Å². The number of piperidine rings is 1. The summed E-state index contributed by atoms with van der Waals surface area (Å²) in [4.78, 5) is 12.4. The highest BCUT2D eigenvalue weighted by molar-refractivity contribution is 7.89. The first-order valence-corrected chi connectivity index (χ1v) is 11.5. The molecule has 1 N–H and O–H groups in total. The first kappa shape index (κ1) is 21.8. The number of carbonyl (C=O) groups excluding carboxylic acids is 1. The van der Waals surface area contributed by atoms with Crippen LogP contribution < -0.4 is 5.32 Å². The zero-order valence-electron chi connectivity index (χ0n) is 16.1. The third-order valence-electron chi connectivity index (χ3n) is 4.77. The van der Waals surface area contributed by atoms with Gasteiger partial charge in [0.2, 0.25) is 10.0 Å². The molecule has 1 aliphatic heterocycles. The Hall–Kier alpha value is -1.93. The fourth-order valence-electron chi connectivity index (χ4n) is 3.19. The van der Waals surface area contributed by atoms with Gasteiger partial charge in [-0.25, -0.2) is 8.42 Å². The molecular weight excluding hydrogens is 412 g/mol. The molecule has 1 fully saturated rings. The van der Waals surface area contributed by atoms with E-state index in [1.165, 1.54) is 22.5 Å². The van der Waals surface area contributed by atoms with Gasteiger partial charge < -0.3 is 10.1 Å². The summed E-state index contributed by atoms with van der Waals surface area (Å²) in [6, 6.07) is 14.1. The van der Waals surface area contributed by atoms with Crippen molar-refractivity contribution >= 4 is 27.5 Å². The summed E-state index contributed by atoms with van der Waals surface area (Å²) < 4.78 is 32.8. The average molecular weight is 437 g/mol. The first-order valence-electron chi connectivity index (χ1n) is 9.68. The van der Waals surface area contributed by atoms with E-state index in [1.54, 1.807) is 0 Å². The zero-order valence-corrected chi connectivity index (χ0v) is 17.7. The minimum absolute atomic E-state index is 0.0194. The summed E-state index contributed by atoms with van der Waals surface area (Å²) >= 11 is 6.15. The van der Waals surface area contributed by atoms with Crippen molar-refractivity contribution in [1.82, 2.24) is 9.62 Å². The van der Waals surface area contributed by atoms with E-state index in [1.807, 2.05) is 30.3 Å². The van der Waals surface area contributed by atoms with Crippen LogP contribution in [0, 0.1) is 0 Å². The normalized spacial score (nSPS) is 15.2. The van der Waals surface area contributed by atoms with Crippen molar-refractivity contribution < 1.29 is 17.9 Å². The molecule has 0 saturated carbocycles. The largest absolute Gasteiger partial charge is 0.375 e. The maximum Gasteiger partial charge on any atom is 0.251 e. The Morgan fingerprint density at radius 3 is 2.52 bits per heavy atom. The molecule has 2 aromatic rings. The van der Waals surface area contributed by atoms with Crippen molar-refractivity contribution in [3.63, 3.8) is 0 Å². The molecule has 0 aromatic heterocycles. The third-order valence-corrected chi connectivity index (χ3v) is 7.15. The van der Waals surface area contributed by atoms with Crippen LogP contribution in [0.3, 0.4) is 0 Å². The number of halogens is 1. The Bertz CT molecular complexity index is 929. The number of benzene rings is 2. The molecule has 1 aliphatic rings. The van der Waals surface area contributed by atoms with Crippen LogP contribution in [0.4, 0.5) is 0 Å². The molecule has 0 radical (unpaired) electrons. The zero-order chi connectivity index (χ0) is 20.7. The maximum absolute atomic E-state index is 12.9. The van der Waals surface area contributed by atoms with Crippen LogP contribution in [0.5, 0.6) is 0 Å². The fourth-order valence-corrected chi connectivity index (χ4v) is 5.21. The van der Waals surface area contributed by atoms with Crippen molar-refractivity contribution in [3.05, 3.63) is 64.7 Å². The second kappa shape index (κ2) is 10.2. The molecular formula is C21H25ClN2O4S. The van der Waals surface area contributed by atoms with E-state index in [4.69, 9.17) is 16.3 Å². The number of sulfonamides is 1. The van der Waals surface area contributed by atoms with E-state index in [9.17, 15) is 13.2 Å². The molecule has 2 aromatic carbocycles. The van der Waals surface area contributed by atoms with Crippen LogP contribution in [0.25, 0.3) is 0 Å². The number of amides is 1. The van der Waals surface area contributed by atoms with Gasteiger partial charge in [-0.3, -0.25) is 4.79 Å². The quantitative estimate of drug-likeness (QED) is 0.643. The number of ether oxygens (including phenoxy) is 1. The van der Waals surface area contributed by atoms with Crippen LogP contribution in [0.15, 0.2) is 53.4 Å². The van der Waals surface area contributed by atoms with Crippen molar-refractivity contribution in [2.75, 3.05) is 26.2 Å². The van der Waals surface area contributed by atoms with Gasteiger partial charge in [-0.2, -0.15) is 4.31 Å². The van der Waals surface area contributed by atoms with Crippen molar-refractivity contribution in [3.8, 4) is 0 Å². The average Bonchev–Trinajstić information content (AvgIpc) is 2.75. The highest BCUT2D eigenvalue weighted by Gasteiger charge is 2.28. The van der Waals surface area contributed by atoms with Gasteiger partial charge in [0.15, 0.2) is 0 Å².